The number of anilines is 3. The molecule has 32 heavy (non-hydrogen) atoms. The van der Waals surface area contributed by atoms with E-state index in [4.69, 9.17) is 4.74 Å². The SMILES string of the molecule is COc1cccc(/C=N\NC(=O)C(=O)Nc2ccc(C)c(F)c2)c1Nc1ccccc1C. The molecular formula is C24H23FN4O3. The Morgan fingerprint density at radius 3 is 2.47 bits per heavy atom. The van der Waals surface area contributed by atoms with Crippen molar-refractivity contribution in [2.75, 3.05) is 17.7 Å². The van der Waals surface area contributed by atoms with Gasteiger partial charge in [0.1, 0.15) is 11.6 Å². The lowest BCUT2D eigenvalue weighted by Crippen LogP contribution is -2.32. The first kappa shape index (κ1) is 22.5. The molecule has 0 aliphatic rings. The minimum absolute atomic E-state index is 0.176. The summed E-state index contributed by atoms with van der Waals surface area (Å²) in [6.45, 7) is 3.58. The van der Waals surface area contributed by atoms with Gasteiger partial charge in [-0.2, -0.15) is 5.10 Å². The molecule has 0 aliphatic carbocycles. The lowest BCUT2D eigenvalue weighted by atomic mass is 10.1. The second kappa shape index (κ2) is 10.2. The van der Waals surface area contributed by atoms with Crippen LogP contribution in [-0.4, -0.2) is 25.1 Å². The van der Waals surface area contributed by atoms with Crippen LogP contribution in [0.1, 0.15) is 16.7 Å². The number of rotatable bonds is 6. The third-order valence-electron chi connectivity index (χ3n) is 4.69. The van der Waals surface area contributed by atoms with Crippen molar-refractivity contribution in [2.24, 2.45) is 5.10 Å². The number of benzene rings is 3. The Hall–Kier alpha value is -4.20. The molecule has 0 fully saturated rings. The molecule has 0 saturated carbocycles. The normalized spacial score (nSPS) is 10.6. The molecule has 0 aliphatic heterocycles. The molecule has 0 unspecified atom stereocenters. The van der Waals surface area contributed by atoms with Crippen molar-refractivity contribution >= 4 is 35.1 Å². The maximum absolute atomic E-state index is 13.6. The van der Waals surface area contributed by atoms with Gasteiger partial charge in [0.15, 0.2) is 0 Å². The van der Waals surface area contributed by atoms with E-state index < -0.39 is 17.6 Å². The van der Waals surface area contributed by atoms with Crippen molar-refractivity contribution < 1.29 is 18.7 Å². The van der Waals surface area contributed by atoms with Crippen molar-refractivity contribution in [3.05, 3.63) is 83.2 Å². The van der Waals surface area contributed by atoms with Crippen LogP contribution < -0.4 is 20.8 Å². The third kappa shape index (κ3) is 5.48. The Morgan fingerprint density at radius 1 is 0.969 bits per heavy atom. The van der Waals surface area contributed by atoms with Gasteiger partial charge in [-0.1, -0.05) is 36.4 Å². The second-order valence-electron chi connectivity index (χ2n) is 6.98. The predicted octanol–water partition coefficient (Wildman–Crippen LogP) is 4.28. The molecule has 0 radical (unpaired) electrons. The van der Waals surface area contributed by atoms with E-state index in [1.54, 1.807) is 32.2 Å². The first-order valence-corrected chi connectivity index (χ1v) is 9.79. The largest absolute Gasteiger partial charge is 0.495 e. The van der Waals surface area contributed by atoms with Crippen LogP contribution >= 0.6 is 0 Å². The summed E-state index contributed by atoms with van der Waals surface area (Å²) < 4.78 is 19.1. The van der Waals surface area contributed by atoms with Crippen LogP contribution in [0.2, 0.25) is 0 Å². The third-order valence-corrected chi connectivity index (χ3v) is 4.69. The summed E-state index contributed by atoms with van der Waals surface area (Å²) in [7, 11) is 1.55. The number of aryl methyl sites for hydroxylation is 2. The Balaban J connectivity index is 1.71. The lowest BCUT2D eigenvalue weighted by Gasteiger charge is -2.15. The van der Waals surface area contributed by atoms with Crippen LogP contribution in [0.5, 0.6) is 5.75 Å². The number of hydrazone groups is 1. The summed E-state index contributed by atoms with van der Waals surface area (Å²) in [6, 6.07) is 17.3. The van der Waals surface area contributed by atoms with Gasteiger partial charge in [-0.15, -0.1) is 0 Å². The lowest BCUT2D eigenvalue weighted by molar-refractivity contribution is -0.136. The van der Waals surface area contributed by atoms with Crippen molar-refractivity contribution in [3.8, 4) is 5.75 Å². The average Bonchev–Trinajstić information content (AvgIpc) is 2.78. The van der Waals surface area contributed by atoms with Crippen molar-refractivity contribution in [1.82, 2.24) is 5.43 Å². The number of carbonyl (C=O) groups is 2. The summed E-state index contributed by atoms with van der Waals surface area (Å²) >= 11 is 0. The monoisotopic (exact) mass is 434 g/mol. The zero-order chi connectivity index (χ0) is 23.1. The van der Waals surface area contributed by atoms with Crippen LogP contribution in [-0.2, 0) is 9.59 Å². The van der Waals surface area contributed by atoms with Gasteiger partial charge in [-0.25, -0.2) is 9.82 Å². The first-order valence-electron chi connectivity index (χ1n) is 9.79. The Labute approximate surface area is 185 Å². The van der Waals surface area contributed by atoms with Gasteiger partial charge in [-0.3, -0.25) is 9.59 Å². The van der Waals surface area contributed by atoms with Crippen LogP contribution in [0.4, 0.5) is 21.5 Å². The zero-order valence-electron chi connectivity index (χ0n) is 17.9. The minimum Gasteiger partial charge on any atom is -0.495 e. The Bertz CT molecular complexity index is 1180. The first-order chi connectivity index (χ1) is 15.4. The van der Waals surface area contributed by atoms with Crippen LogP contribution in [0.25, 0.3) is 0 Å². The highest BCUT2D eigenvalue weighted by Crippen LogP contribution is 2.31. The molecule has 8 heteroatoms. The van der Waals surface area contributed by atoms with Gasteiger partial charge in [0.05, 0.1) is 19.0 Å². The van der Waals surface area contributed by atoms with E-state index >= 15 is 0 Å². The van der Waals surface area contributed by atoms with Gasteiger partial charge in [-0.05, 0) is 49.2 Å². The molecule has 0 heterocycles. The second-order valence-corrected chi connectivity index (χ2v) is 6.98. The van der Waals surface area contributed by atoms with E-state index in [0.717, 1.165) is 17.3 Å². The number of amides is 2. The molecule has 3 rings (SSSR count). The van der Waals surface area contributed by atoms with E-state index in [1.807, 2.05) is 31.2 Å². The highest BCUT2D eigenvalue weighted by Gasteiger charge is 2.14. The number of hydrogen-bond acceptors (Lipinski definition) is 5. The van der Waals surface area contributed by atoms with E-state index in [2.05, 4.69) is 21.2 Å². The van der Waals surface area contributed by atoms with Crippen LogP contribution in [0.15, 0.2) is 65.8 Å². The zero-order valence-corrected chi connectivity index (χ0v) is 17.9. The van der Waals surface area contributed by atoms with Crippen LogP contribution in [0.3, 0.4) is 0 Å². The van der Waals surface area contributed by atoms with E-state index in [9.17, 15) is 14.0 Å². The van der Waals surface area contributed by atoms with Gasteiger partial charge in [0.2, 0.25) is 0 Å². The van der Waals surface area contributed by atoms with E-state index in [0.29, 0.717) is 22.6 Å². The molecule has 3 N–H and O–H groups in total. The number of para-hydroxylation sites is 2. The average molecular weight is 434 g/mol. The fourth-order valence-electron chi connectivity index (χ4n) is 2.88. The molecular weight excluding hydrogens is 411 g/mol. The number of nitrogens with zero attached hydrogens (tertiary/aromatic N) is 1. The molecule has 0 saturated heterocycles. The smallest absolute Gasteiger partial charge is 0.329 e. The van der Waals surface area contributed by atoms with Crippen LogP contribution in [0, 0.1) is 19.7 Å². The number of nitrogens with one attached hydrogen (secondary N) is 3. The topological polar surface area (TPSA) is 91.8 Å². The standard InChI is InChI=1S/C24H23FN4O3/c1-15-11-12-18(13-19(15)25)27-23(30)24(31)29-26-14-17-8-6-10-21(32-3)22(17)28-20-9-5-4-7-16(20)2/h4-14,28H,1-3H3,(H,27,30)(H,29,31)/b26-14-. The molecule has 3 aromatic rings. The molecule has 0 atom stereocenters. The van der Waals surface area contributed by atoms with Crippen molar-refractivity contribution in [2.45, 2.75) is 13.8 Å². The number of halogens is 1. The van der Waals surface area contributed by atoms with Gasteiger partial charge in [0, 0.05) is 16.9 Å². The summed E-state index contributed by atoms with van der Waals surface area (Å²) in [6.07, 6.45) is 1.40. The highest BCUT2D eigenvalue weighted by atomic mass is 19.1. The number of hydrogen-bond donors (Lipinski definition) is 3. The molecule has 3 aromatic carbocycles. The summed E-state index contributed by atoms with van der Waals surface area (Å²) in [4.78, 5) is 24.1. The van der Waals surface area contributed by atoms with Gasteiger partial charge in [0.25, 0.3) is 0 Å². The van der Waals surface area contributed by atoms with E-state index in [1.165, 1.54) is 18.3 Å². The Morgan fingerprint density at radius 2 is 1.75 bits per heavy atom. The fraction of sp³-hybridized carbons (Fsp3) is 0.125. The summed E-state index contributed by atoms with van der Waals surface area (Å²) in [5.74, 6) is -1.84. The van der Waals surface area contributed by atoms with Crippen molar-refractivity contribution in [1.29, 1.82) is 0 Å². The van der Waals surface area contributed by atoms with Crippen molar-refractivity contribution in [3.63, 3.8) is 0 Å². The fourth-order valence-corrected chi connectivity index (χ4v) is 2.88. The van der Waals surface area contributed by atoms with Gasteiger partial charge < -0.3 is 15.4 Å². The molecule has 0 bridgehead atoms. The summed E-state index contributed by atoms with van der Waals surface area (Å²) in [5, 5.41) is 9.53. The predicted molar refractivity (Wildman–Crippen MR) is 123 cm³/mol. The quantitative estimate of drug-likeness (QED) is 0.307. The number of ether oxygens (including phenoxy) is 1. The molecule has 7 nitrogen and oxygen atoms in total. The Kier molecular flexibility index (Phi) is 7.17. The molecule has 2 amide bonds. The number of methoxy groups -OCH3 is 1. The highest BCUT2D eigenvalue weighted by molar-refractivity contribution is 6.39. The molecule has 164 valence electrons. The minimum atomic E-state index is -0.987. The number of carbonyl (C=O) groups excluding carboxylic acids is 2. The molecule has 0 spiro atoms. The molecule has 0 aromatic heterocycles. The maximum atomic E-state index is 13.6. The van der Waals surface area contributed by atoms with Gasteiger partial charge >= 0.3 is 11.8 Å². The maximum Gasteiger partial charge on any atom is 0.329 e. The summed E-state index contributed by atoms with van der Waals surface area (Å²) in [5.41, 5.74) is 6.00. The van der Waals surface area contributed by atoms with E-state index in [-0.39, 0.29) is 5.69 Å².